The second-order valence-electron chi connectivity index (χ2n) is 5.33. The minimum atomic E-state index is -0.214. The van der Waals surface area contributed by atoms with E-state index in [0.717, 1.165) is 37.3 Å². The highest BCUT2D eigenvalue weighted by atomic mass is 19.1. The maximum Gasteiger partial charge on any atom is 0.123 e. The van der Waals surface area contributed by atoms with E-state index in [1.807, 2.05) is 13.0 Å². The molecule has 19 heavy (non-hydrogen) atoms. The predicted octanol–water partition coefficient (Wildman–Crippen LogP) is 2.14. The number of piperidine rings is 1. The van der Waals surface area contributed by atoms with Gasteiger partial charge in [0.2, 0.25) is 0 Å². The summed E-state index contributed by atoms with van der Waals surface area (Å²) in [5.74, 6) is 0.0625. The molecule has 1 aromatic carbocycles. The maximum absolute atomic E-state index is 13.4. The number of hydrogen-bond acceptors (Lipinski definition) is 3. The van der Waals surface area contributed by atoms with Crippen LogP contribution >= 0.6 is 0 Å². The van der Waals surface area contributed by atoms with Crippen molar-refractivity contribution in [3.63, 3.8) is 0 Å². The van der Waals surface area contributed by atoms with Crippen LogP contribution in [0, 0.1) is 11.7 Å². The quantitative estimate of drug-likeness (QED) is 0.876. The summed E-state index contributed by atoms with van der Waals surface area (Å²) in [6.07, 6.45) is 0.563. The summed E-state index contributed by atoms with van der Waals surface area (Å²) >= 11 is 0. The Labute approximate surface area is 114 Å². The molecule has 2 unspecified atom stereocenters. The zero-order valence-electron chi connectivity index (χ0n) is 11.7. The number of nitrogens with one attached hydrogen (secondary N) is 1. The van der Waals surface area contributed by atoms with Gasteiger partial charge in [0.1, 0.15) is 5.82 Å². The minimum Gasteiger partial charge on any atom is -0.393 e. The molecule has 2 atom stereocenters. The highest BCUT2D eigenvalue weighted by Gasteiger charge is 2.25. The van der Waals surface area contributed by atoms with Gasteiger partial charge >= 0.3 is 0 Å². The maximum atomic E-state index is 13.4. The van der Waals surface area contributed by atoms with Crippen LogP contribution in [-0.2, 0) is 6.54 Å². The molecule has 2 rings (SSSR count). The van der Waals surface area contributed by atoms with Gasteiger partial charge < -0.3 is 15.3 Å². The molecule has 4 heteroatoms. The molecule has 0 aromatic heterocycles. The number of hydrogen-bond donors (Lipinski definition) is 2. The molecule has 106 valence electrons. The molecule has 0 saturated carbocycles. The van der Waals surface area contributed by atoms with Crippen LogP contribution in [0.1, 0.15) is 25.8 Å². The Bertz CT molecular complexity index is 425. The highest BCUT2D eigenvalue weighted by molar-refractivity contribution is 5.54. The van der Waals surface area contributed by atoms with E-state index in [2.05, 4.69) is 17.1 Å². The topological polar surface area (TPSA) is 35.5 Å². The van der Waals surface area contributed by atoms with Crippen LogP contribution in [0.25, 0.3) is 0 Å². The van der Waals surface area contributed by atoms with E-state index in [1.165, 1.54) is 6.07 Å². The van der Waals surface area contributed by atoms with Gasteiger partial charge in [0.15, 0.2) is 0 Å². The molecular weight excluding hydrogens is 243 g/mol. The smallest absolute Gasteiger partial charge is 0.123 e. The zero-order chi connectivity index (χ0) is 13.8. The number of rotatable bonds is 4. The number of anilines is 1. The molecule has 3 nitrogen and oxygen atoms in total. The van der Waals surface area contributed by atoms with Gasteiger partial charge in [-0.3, -0.25) is 0 Å². The summed E-state index contributed by atoms with van der Waals surface area (Å²) in [5.41, 5.74) is 2.08. The van der Waals surface area contributed by atoms with Crippen molar-refractivity contribution in [3.8, 4) is 0 Å². The third-order valence-electron chi connectivity index (χ3n) is 3.81. The fourth-order valence-electron chi connectivity index (χ4n) is 2.62. The van der Waals surface area contributed by atoms with Gasteiger partial charge in [-0.25, -0.2) is 4.39 Å². The van der Waals surface area contributed by atoms with Gasteiger partial charge in [0.25, 0.3) is 0 Å². The van der Waals surface area contributed by atoms with Crippen molar-refractivity contribution in [2.45, 2.75) is 32.9 Å². The van der Waals surface area contributed by atoms with Crippen molar-refractivity contribution in [1.82, 2.24) is 5.32 Å². The first-order valence-electron chi connectivity index (χ1n) is 7.04. The molecule has 2 N–H and O–H groups in total. The van der Waals surface area contributed by atoms with Crippen LogP contribution in [0.5, 0.6) is 0 Å². The van der Waals surface area contributed by atoms with Gasteiger partial charge in [-0.2, -0.15) is 0 Å². The second kappa shape index (κ2) is 6.35. The first-order chi connectivity index (χ1) is 9.11. The van der Waals surface area contributed by atoms with Gasteiger partial charge in [0, 0.05) is 25.3 Å². The molecule has 0 bridgehead atoms. The zero-order valence-corrected chi connectivity index (χ0v) is 11.7. The van der Waals surface area contributed by atoms with Crippen LogP contribution in [0.4, 0.5) is 10.1 Å². The van der Waals surface area contributed by atoms with Gasteiger partial charge in [0.05, 0.1) is 6.10 Å². The predicted molar refractivity (Wildman–Crippen MR) is 75.8 cm³/mol. The van der Waals surface area contributed by atoms with Crippen LogP contribution in [0.2, 0.25) is 0 Å². The minimum absolute atomic E-state index is 0.193. The van der Waals surface area contributed by atoms with Crippen LogP contribution in [0.15, 0.2) is 18.2 Å². The summed E-state index contributed by atoms with van der Waals surface area (Å²) in [6, 6.07) is 4.97. The first kappa shape index (κ1) is 14.3. The van der Waals surface area contributed by atoms with Crippen LogP contribution < -0.4 is 10.2 Å². The second-order valence-corrected chi connectivity index (χ2v) is 5.33. The van der Waals surface area contributed by atoms with E-state index in [-0.39, 0.29) is 17.8 Å². The van der Waals surface area contributed by atoms with Crippen molar-refractivity contribution in [2.75, 3.05) is 24.5 Å². The number of aliphatic hydroxyl groups excluding tert-OH is 1. The lowest BCUT2D eigenvalue weighted by Crippen LogP contribution is -2.42. The normalized spacial score (nSPS) is 23.7. The van der Waals surface area contributed by atoms with Crippen molar-refractivity contribution in [3.05, 3.63) is 29.6 Å². The standard InChI is InChI=1S/C15H23FN2O/c1-3-17-9-12-8-13(16)4-5-14(12)18-7-6-15(19)11(2)10-18/h4-5,8,11,15,17,19H,3,6-7,9-10H2,1-2H3. The molecule has 0 radical (unpaired) electrons. The number of benzene rings is 1. The lowest BCUT2D eigenvalue weighted by atomic mass is 9.95. The van der Waals surface area contributed by atoms with E-state index in [1.54, 1.807) is 6.07 Å². The van der Waals surface area contributed by atoms with E-state index in [9.17, 15) is 9.50 Å². The lowest BCUT2D eigenvalue weighted by molar-refractivity contribution is 0.0970. The number of aliphatic hydroxyl groups is 1. The largest absolute Gasteiger partial charge is 0.393 e. The van der Waals surface area contributed by atoms with Crippen molar-refractivity contribution in [1.29, 1.82) is 0 Å². The molecular formula is C15H23FN2O. The molecule has 1 aliphatic rings. The summed E-state index contributed by atoms with van der Waals surface area (Å²) in [7, 11) is 0. The van der Waals surface area contributed by atoms with E-state index >= 15 is 0 Å². The van der Waals surface area contributed by atoms with Crippen molar-refractivity contribution >= 4 is 5.69 Å². The Hall–Kier alpha value is -1.13. The van der Waals surface area contributed by atoms with Gasteiger partial charge in [-0.05, 0) is 42.6 Å². The van der Waals surface area contributed by atoms with E-state index in [0.29, 0.717) is 6.54 Å². The van der Waals surface area contributed by atoms with Crippen molar-refractivity contribution < 1.29 is 9.50 Å². The molecule has 0 spiro atoms. The molecule has 0 aliphatic carbocycles. The SMILES string of the molecule is CCNCc1cc(F)ccc1N1CCC(O)C(C)C1. The Morgan fingerprint density at radius 3 is 2.95 bits per heavy atom. The van der Waals surface area contributed by atoms with E-state index in [4.69, 9.17) is 0 Å². The molecule has 1 saturated heterocycles. The number of nitrogens with zero attached hydrogens (tertiary/aromatic N) is 1. The fourth-order valence-corrected chi connectivity index (χ4v) is 2.62. The summed E-state index contributed by atoms with van der Waals surface area (Å²) in [6.45, 7) is 7.30. The summed E-state index contributed by atoms with van der Waals surface area (Å²) in [5, 5.41) is 13.0. The molecule has 1 aromatic rings. The third-order valence-corrected chi connectivity index (χ3v) is 3.81. The van der Waals surface area contributed by atoms with Gasteiger partial charge in [-0.15, -0.1) is 0 Å². The summed E-state index contributed by atoms with van der Waals surface area (Å²) in [4.78, 5) is 2.25. The average Bonchev–Trinajstić information content (AvgIpc) is 2.40. The number of halogens is 1. The van der Waals surface area contributed by atoms with Gasteiger partial charge in [-0.1, -0.05) is 13.8 Å². The Kier molecular flexibility index (Phi) is 4.77. The fraction of sp³-hybridized carbons (Fsp3) is 0.600. The first-order valence-corrected chi connectivity index (χ1v) is 7.04. The Balaban J connectivity index is 2.18. The van der Waals surface area contributed by atoms with Crippen molar-refractivity contribution in [2.24, 2.45) is 5.92 Å². The Morgan fingerprint density at radius 1 is 1.47 bits per heavy atom. The Morgan fingerprint density at radius 2 is 2.26 bits per heavy atom. The lowest BCUT2D eigenvalue weighted by Gasteiger charge is -2.37. The highest BCUT2D eigenvalue weighted by Crippen LogP contribution is 2.27. The molecule has 1 fully saturated rings. The van der Waals surface area contributed by atoms with Crippen LogP contribution in [-0.4, -0.2) is 30.8 Å². The molecule has 1 heterocycles. The molecule has 1 aliphatic heterocycles. The van der Waals surface area contributed by atoms with Crippen LogP contribution in [0.3, 0.4) is 0 Å². The average molecular weight is 266 g/mol. The third kappa shape index (κ3) is 3.45. The van der Waals surface area contributed by atoms with E-state index < -0.39 is 0 Å². The molecule has 0 amide bonds. The summed E-state index contributed by atoms with van der Waals surface area (Å²) < 4.78 is 13.4. The monoisotopic (exact) mass is 266 g/mol.